The van der Waals surface area contributed by atoms with Crippen molar-refractivity contribution in [1.29, 1.82) is 0 Å². The van der Waals surface area contributed by atoms with Crippen molar-refractivity contribution in [2.75, 3.05) is 36.4 Å². The van der Waals surface area contributed by atoms with Gasteiger partial charge < -0.3 is 20.2 Å². The van der Waals surface area contributed by atoms with Crippen molar-refractivity contribution < 1.29 is 4.79 Å². The van der Waals surface area contributed by atoms with Gasteiger partial charge in [0, 0.05) is 42.6 Å². The predicted molar refractivity (Wildman–Crippen MR) is 117 cm³/mol. The first-order valence-electron chi connectivity index (χ1n) is 9.69. The Balaban J connectivity index is 1.38. The fourth-order valence-electron chi connectivity index (χ4n) is 3.80. The third kappa shape index (κ3) is 4.16. The van der Waals surface area contributed by atoms with Crippen LogP contribution in [0.4, 0.5) is 11.4 Å². The molecule has 1 amide bonds. The van der Waals surface area contributed by atoms with Crippen molar-refractivity contribution in [2.24, 2.45) is 0 Å². The molecule has 1 aliphatic heterocycles. The molecule has 0 bridgehead atoms. The number of imidazole rings is 1. The number of aryl methyl sites for hydroxylation is 1. The van der Waals surface area contributed by atoms with E-state index in [4.69, 9.17) is 11.6 Å². The number of rotatable bonds is 4. The lowest BCUT2D eigenvalue weighted by molar-refractivity contribution is -0.120. The van der Waals surface area contributed by atoms with Gasteiger partial charge in [-0.15, -0.1) is 0 Å². The highest BCUT2D eigenvalue weighted by Crippen LogP contribution is 2.25. The van der Waals surface area contributed by atoms with Gasteiger partial charge in [-0.2, -0.15) is 0 Å². The second kappa shape index (κ2) is 7.93. The van der Waals surface area contributed by atoms with E-state index in [0.29, 0.717) is 16.7 Å². The average Bonchev–Trinajstić information content (AvgIpc) is 3.08. The molecule has 1 atom stereocenters. The van der Waals surface area contributed by atoms with E-state index in [9.17, 15) is 9.59 Å². The number of hydrogen-bond donors (Lipinski definition) is 3. The first kappa shape index (κ1) is 19.5. The molecule has 0 radical (unpaired) electrons. The number of aromatic nitrogens is 2. The molecule has 1 aliphatic rings. The van der Waals surface area contributed by atoms with E-state index in [1.54, 1.807) is 18.2 Å². The first-order chi connectivity index (χ1) is 13.9. The standard InChI is InChI=1S/C21H24ClN5O2/c1-13-3-4-15(22)11-19(13)27-9-7-26(8-10-27)14(2)20(28)23-16-5-6-17-18(12-16)25-21(29)24-17/h3-6,11-12,14H,7-10H2,1-2H3,(H,23,28)(H2,24,25,29)/t14-/m1/s1. The molecule has 0 aliphatic carbocycles. The van der Waals surface area contributed by atoms with Crippen LogP contribution in [0.5, 0.6) is 0 Å². The number of hydrogen-bond acceptors (Lipinski definition) is 4. The van der Waals surface area contributed by atoms with Gasteiger partial charge in [-0.1, -0.05) is 17.7 Å². The Bertz CT molecular complexity index is 1100. The Kier molecular flexibility index (Phi) is 5.34. The molecule has 29 heavy (non-hydrogen) atoms. The normalized spacial score (nSPS) is 16.2. The molecule has 4 rings (SSSR count). The number of anilines is 2. The minimum absolute atomic E-state index is 0.0605. The highest BCUT2D eigenvalue weighted by atomic mass is 35.5. The van der Waals surface area contributed by atoms with Gasteiger partial charge in [-0.25, -0.2) is 4.79 Å². The van der Waals surface area contributed by atoms with Crippen LogP contribution in [-0.2, 0) is 4.79 Å². The lowest BCUT2D eigenvalue weighted by Gasteiger charge is -2.39. The monoisotopic (exact) mass is 413 g/mol. The highest BCUT2D eigenvalue weighted by Gasteiger charge is 2.26. The third-order valence-corrected chi connectivity index (χ3v) is 5.77. The zero-order chi connectivity index (χ0) is 20.5. The van der Waals surface area contributed by atoms with Crippen molar-refractivity contribution in [3.8, 4) is 0 Å². The number of nitrogens with zero attached hydrogens (tertiary/aromatic N) is 2. The number of halogens is 1. The van der Waals surface area contributed by atoms with Crippen LogP contribution in [0.25, 0.3) is 11.0 Å². The van der Waals surface area contributed by atoms with Crippen molar-refractivity contribution in [2.45, 2.75) is 19.9 Å². The molecule has 3 aromatic rings. The summed E-state index contributed by atoms with van der Waals surface area (Å²) in [6, 6.07) is 11.0. The van der Waals surface area contributed by atoms with Gasteiger partial charge >= 0.3 is 5.69 Å². The molecule has 2 heterocycles. The lowest BCUT2D eigenvalue weighted by atomic mass is 10.1. The number of aromatic amines is 2. The molecular weight excluding hydrogens is 390 g/mol. The molecule has 1 aromatic heterocycles. The van der Waals surface area contributed by atoms with Gasteiger partial charge in [-0.3, -0.25) is 9.69 Å². The maximum Gasteiger partial charge on any atom is 0.323 e. The third-order valence-electron chi connectivity index (χ3n) is 5.54. The van der Waals surface area contributed by atoms with Crippen LogP contribution in [0.2, 0.25) is 5.02 Å². The second-order valence-electron chi connectivity index (χ2n) is 7.46. The van der Waals surface area contributed by atoms with Crippen molar-refractivity contribution >= 4 is 39.9 Å². The molecule has 152 valence electrons. The first-order valence-corrected chi connectivity index (χ1v) is 10.1. The summed E-state index contributed by atoms with van der Waals surface area (Å²) in [6.45, 7) is 7.29. The minimum atomic E-state index is -0.260. The molecule has 3 N–H and O–H groups in total. The Morgan fingerprint density at radius 3 is 2.55 bits per heavy atom. The number of carbonyl (C=O) groups excluding carboxylic acids is 1. The van der Waals surface area contributed by atoms with Gasteiger partial charge in [0.25, 0.3) is 0 Å². The molecule has 1 fully saturated rings. The SMILES string of the molecule is Cc1ccc(Cl)cc1N1CCN([C@H](C)C(=O)Nc2ccc3[nH]c(=O)[nH]c3c2)CC1. The molecule has 2 aromatic carbocycles. The van der Waals surface area contributed by atoms with Crippen molar-refractivity contribution in [3.63, 3.8) is 0 Å². The molecule has 0 spiro atoms. The summed E-state index contributed by atoms with van der Waals surface area (Å²) in [7, 11) is 0. The largest absolute Gasteiger partial charge is 0.369 e. The number of amides is 1. The fourth-order valence-corrected chi connectivity index (χ4v) is 3.96. The maximum absolute atomic E-state index is 12.7. The van der Waals surface area contributed by atoms with Gasteiger partial charge in [0.15, 0.2) is 0 Å². The van der Waals surface area contributed by atoms with E-state index >= 15 is 0 Å². The summed E-state index contributed by atoms with van der Waals surface area (Å²) >= 11 is 6.16. The van der Waals surface area contributed by atoms with Crippen molar-refractivity contribution in [1.82, 2.24) is 14.9 Å². The Labute approximate surface area is 173 Å². The fraction of sp³-hybridized carbons (Fsp3) is 0.333. The van der Waals surface area contributed by atoms with Gasteiger partial charge in [0.1, 0.15) is 0 Å². The maximum atomic E-state index is 12.7. The topological polar surface area (TPSA) is 84.2 Å². The van der Waals surface area contributed by atoms with E-state index in [-0.39, 0.29) is 17.6 Å². The van der Waals surface area contributed by atoms with Crippen LogP contribution in [0.3, 0.4) is 0 Å². The summed E-state index contributed by atoms with van der Waals surface area (Å²) in [5, 5.41) is 3.69. The summed E-state index contributed by atoms with van der Waals surface area (Å²) in [5.41, 5.74) is 4.15. The van der Waals surface area contributed by atoms with Crippen LogP contribution in [-0.4, -0.2) is 53.0 Å². The molecular formula is C21H24ClN5O2. The molecule has 1 saturated heterocycles. The van der Waals surface area contributed by atoms with Gasteiger partial charge in [-0.05, 0) is 49.7 Å². The van der Waals surface area contributed by atoms with E-state index in [1.165, 1.54) is 5.56 Å². The summed E-state index contributed by atoms with van der Waals surface area (Å²) in [6.07, 6.45) is 0. The quantitative estimate of drug-likeness (QED) is 0.614. The van der Waals surface area contributed by atoms with Gasteiger partial charge in [0.05, 0.1) is 17.1 Å². The molecule has 8 heteroatoms. The van der Waals surface area contributed by atoms with E-state index in [0.717, 1.165) is 36.9 Å². The summed E-state index contributed by atoms with van der Waals surface area (Å²) in [5.74, 6) is -0.0605. The minimum Gasteiger partial charge on any atom is -0.369 e. The Morgan fingerprint density at radius 1 is 1.07 bits per heavy atom. The smallest absolute Gasteiger partial charge is 0.323 e. The number of benzene rings is 2. The number of piperazine rings is 1. The Morgan fingerprint density at radius 2 is 1.79 bits per heavy atom. The lowest BCUT2D eigenvalue weighted by Crippen LogP contribution is -2.53. The van der Waals surface area contributed by atoms with Crippen LogP contribution < -0.4 is 15.9 Å². The average molecular weight is 414 g/mol. The second-order valence-corrected chi connectivity index (χ2v) is 7.89. The van der Waals surface area contributed by atoms with Gasteiger partial charge in [0.2, 0.25) is 5.91 Å². The predicted octanol–water partition coefficient (Wildman–Crippen LogP) is 2.97. The molecule has 0 saturated carbocycles. The number of fused-ring (bicyclic) bond motifs is 1. The molecule has 0 unspecified atom stereocenters. The van der Waals surface area contributed by atoms with E-state index < -0.39 is 0 Å². The van der Waals surface area contributed by atoms with Crippen LogP contribution in [0.1, 0.15) is 12.5 Å². The highest BCUT2D eigenvalue weighted by molar-refractivity contribution is 6.30. The van der Waals surface area contributed by atoms with E-state index in [1.807, 2.05) is 25.1 Å². The van der Waals surface area contributed by atoms with Crippen LogP contribution in [0, 0.1) is 6.92 Å². The van der Waals surface area contributed by atoms with E-state index in [2.05, 4.69) is 32.0 Å². The zero-order valence-corrected chi connectivity index (χ0v) is 17.2. The summed E-state index contributed by atoms with van der Waals surface area (Å²) < 4.78 is 0. The molecule has 7 nitrogen and oxygen atoms in total. The van der Waals surface area contributed by atoms with Crippen LogP contribution in [0.15, 0.2) is 41.2 Å². The number of H-pyrrole nitrogens is 2. The number of carbonyl (C=O) groups is 1. The van der Waals surface area contributed by atoms with Crippen molar-refractivity contribution in [3.05, 3.63) is 57.5 Å². The summed E-state index contributed by atoms with van der Waals surface area (Å²) in [4.78, 5) is 34.0. The zero-order valence-electron chi connectivity index (χ0n) is 16.5. The Hall–Kier alpha value is -2.77. The number of nitrogens with one attached hydrogen (secondary N) is 3. The van der Waals surface area contributed by atoms with Crippen LogP contribution >= 0.6 is 11.6 Å².